The number of benzene rings is 1. The van der Waals surface area contributed by atoms with E-state index in [2.05, 4.69) is 0 Å². The number of carbonyl (C=O) groups excluding carboxylic acids is 1. The Morgan fingerprint density at radius 1 is 1.37 bits per heavy atom. The van der Waals surface area contributed by atoms with Crippen molar-refractivity contribution in [2.45, 2.75) is 13.3 Å². The van der Waals surface area contributed by atoms with Crippen LogP contribution in [-0.2, 0) is 4.79 Å². The van der Waals surface area contributed by atoms with Crippen molar-refractivity contribution in [3.05, 3.63) is 39.9 Å². The third-order valence-electron chi connectivity index (χ3n) is 2.67. The fourth-order valence-electron chi connectivity index (χ4n) is 1.62. The smallest absolute Gasteiger partial charge is 0.246 e. The van der Waals surface area contributed by atoms with Crippen molar-refractivity contribution in [2.24, 2.45) is 0 Å². The molecule has 1 amide bonds. The van der Waals surface area contributed by atoms with Gasteiger partial charge in [-0.15, -0.1) is 0 Å². The van der Waals surface area contributed by atoms with Crippen LogP contribution < -0.4 is 0 Å². The number of nitrogens with zero attached hydrogens (tertiary/aromatic N) is 1. The highest BCUT2D eigenvalue weighted by atomic mass is 35.5. The Balaban J connectivity index is 2.77. The molecule has 0 radical (unpaired) electrons. The van der Waals surface area contributed by atoms with E-state index in [1.54, 1.807) is 29.2 Å². The van der Waals surface area contributed by atoms with Crippen LogP contribution in [0.2, 0.25) is 10.0 Å². The fraction of sp³-hybridized carbons (Fsp3) is 0.357. The van der Waals surface area contributed by atoms with Gasteiger partial charge in [0.25, 0.3) is 0 Å². The lowest BCUT2D eigenvalue weighted by molar-refractivity contribution is -0.125. The average molecular weight is 302 g/mol. The molecule has 0 fully saturated rings. The molecule has 1 N–H and O–H groups in total. The summed E-state index contributed by atoms with van der Waals surface area (Å²) >= 11 is 12.0. The van der Waals surface area contributed by atoms with Crippen molar-refractivity contribution in [2.75, 3.05) is 19.7 Å². The minimum Gasteiger partial charge on any atom is -0.396 e. The highest BCUT2D eigenvalue weighted by Gasteiger charge is 2.08. The normalized spacial score (nSPS) is 10.9. The van der Waals surface area contributed by atoms with Crippen molar-refractivity contribution in [1.29, 1.82) is 0 Å². The second-order valence-electron chi connectivity index (χ2n) is 3.96. The largest absolute Gasteiger partial charge is 0.396 e. The van der Waals surface area contributed by atoms with E-state index in [0.717, 1.165) is 0 Å². The lowest BCUT2D eigenvalue weighted by Crippen LogP contribution is -2.30. The van der Waals surface area contributed by atoms with Crippen LogP contribution in [0, 0.1) is 0 Å². The molecule has 0 heterocycles. The molecule has 0 aliphatic carbocycles. The summed E-state index contributed by atoms with van der Waals surface area (Å²) in [5, 5.41) is 9.80. The van der Waals surface area contributed by atoms with E-state index in [9.17, 15) is 4.79 Å². The van der Waals surface area contributed by atoms with Crippen molar-refractivity contribution in [1.82, 2.24) is 4.90 Å². The van der Waals surface area contributed by atoms with Gasteiger partial charge in [0.15, 0.2) is 0 Å². The molecule has 0 atom stereocenters. The standard InChI is InChI=1S/C14H17Cl2NO2/c1-2-17(9-4-10-18)14(19)8-7-11-12(15)5-3-6-13(11)16/h3,5-8,18H,2,4,9-10H2,1H3/b8-7+. The highest BCUT2D eigenvalue weighted by molar-refractivity contribution is 6.37. The number of hydrogen-bond acceptors (Lipinski definition) is 2. The predicted molar refractivity (Wildman–Crippen MR) is 79.5 cm³/mol. The van der Waals surface area contributed by atoms with E-state index in [1.807, 2.05) is 6.92 Å². The lowest BCUT2D eigenvalue weighted by atomic mass is 10.2. The Labute approximate surface area is 123 Å². The van der Waals surface area contributed by atoms with Gasteiger partial charge in [-0.25, -0.2) is 0 Å². The molecule has 0 aliphatic heterocycles. The molecule has 1 aromatic rings. The molecule has 0 aromatic heterocycles. The Morgan fingerprint density at radius 2 is 2.00 bits per heavy atom. The maximum atomic E-state index is 11.9. The van der Waals surface area contributed by atoms with Crippen LogP contribution in [0.3, 0.4) is 0 Å². The molecule has 19 heavy (non-hydrogen) atoms. The summed E-state index contributed by atoms with van der Waals surface area (Å²) in [4.78, 5) is 13.6. The van der Waals surface area contributed by atoms with Crippen LogP contribution in [0.4, 0.5) is 0 Å². The van der Waals surface area contributed by atoms with Crippen LogP contribution in [0.1, 0.15) is 18.9 Å². The summed E-state index contributed by atoms with van der Waals surface area (Å²) in [6, 6.07) is 5.20. The van der Waals surface area contributed by atoms with Crippen LogP contribution in [0.25, 0.3) is 6.08 Å². The van der Waals surface area contributed by atoms with Crippen LogP contribution in [-0.4, -0.2) is 35.6 Å². The first-order valence-electron chi connectivity index (χ1n) is 6.12. The van der Waals surface area contributed by atoms with E-state index in [0.29, 0.717) is 35.1 Å². The van der Waals surface area contributed by atoms with Gasteiger partial charge >= 0.3 is 0 Å². The van der Waals surface area contributed by atoms with Crippen LogP contribution >= 0.6 is 23.2 Å². The molecule has 0 saturated carbocycles. The Hall–Kier alpha value is -1.03. The molecule has 1 aromatic carbocycles. The summed E-state index contributed by atoms with van der Waals surface area (Å²) in [7, 11) is 0. The molecule has 1 rings (SSSR count). The first-order chi connectivity index (χ1) is 9.10. The second-order valence-corrected chi connectivity index (χ2v) is 4.78. The molecule has 104 valence electrons. The summed E-state index contributed by atoms with van der Waals surface area (Å²) in [6.07, 6.45) is 3.64. The fourth-order valence-corrected chi connectivity index (χ4v) is 2.14. The highest BCUT2D eigenvalue weighted by Crippen LogP contribution is 2.25. The first kappa shape index (κ1) is 16.0. The SMILES string of the molecule is CCN(CCCO)C(=O)/C=C/c1c(Cl)cccc1Cl. The number of hydrogen-bond donors (Lipinski definition) is 1. The van der Waals surface area contributed by atoms with E-state index < -0.39 is 0 Å². The Morgan fingerprint density at radius 3 is 2.53 bits per heavy atom. The van der Waals surface area contributed by atoms with Crippen LogP contribution in [0.15, 0.2) is 24.3 Å². The zero-order valence-corrected chi connectivity index (χ0v) is 12.3. The van der Waals surface area contributed by atoms with Gasteiger partial charge in [0.2, 0.25) is 5.91 Å². The second kappa shape index (κ2) is 8.20. The number of aliphatic hydroxyl groups excluding tert-OH is 1. The van der Waals surface area contributed by atoms with E-state index in [4.69, 9.17) is 28.3 Å². The number of carbonyl (C=O) groups is 1. The third-order valence-corrected chi connectivity index (χ3v) is 3.33. The first-order valence-corrected chi connectivity index (χ1v) is 6.87. The number of aliphatic hydroxyl groups is 1. The van der Waals surface area contributed by atoms with Gasteiger partial charge in [0.1, 0.15) is 0 Å². The van der Waals surface area contributed by atoms with Gasteiger partial charge in [0, 0.05) is 41.4 Å². The zero-order chi connectivity index (χ0) is 14.3. The van der Waals surface area contributed by atoms with Crippen LogP contribution in [0.5, 0.6) is 0 Å². The Kier molecular flexibility index (Phi) is 6.92. The monoisotopic (exact) mass is 301 g/mol. The van der Waals surface area contributed by atoms with E-state index in [1.165, 1.54) is 6.08 Å². The van der Waals surface area contributed by atoms with Gasteiger partial charge in [-0.1, -0.05) is 29.3 Å². The van der Waals surface area contributed by atoms with Crippen molar-refractivity contribution in [3.8, 4) is 0 Å². The van der Waals surface area contributed by atoms with Gasteiger partial charge < -0.3 is 10.0 Å². The molecular formula is C14H17Cl2NO2. The van der Waals surface area contributed by atoms with Crippen molar-refractivity contribution < 1.29 is 9.90 Å². The molecule has 0 saturated heterocycles. The summed E-state index contributed by atoms with van der Waals surface area (Å²) in [6.45, 7) is 3.10. The molecule has 0 unspecified atom stereocenters. The predicted octanol–water partition coefficient (Wildman–Crippen LogP) is 3.24. The Bertz CT molecular complexity index is 441. The summed E-state index contributed by atoms with van der Waals surface area (Å²) < 4.78 is 0. The minimum absolute atomic E-state index is 0.0732. The molecule has 0 aliphatic rings. The minimum atomic E-state index is -0.119. The van der Waals surface area contributed by atoms with Crippen molar-refractivity contribution in [3.63, 3.8) is 0 Å². The number of halogens is 2. The maximum Gasteiger partial charge on any atom is 0.246 e. The topological polar surface area (TPSA) is 40.5 Å². The maximum absolute atomic E-state index is 11.9. The summed E-state index contributed by atoms with van der Waals surface area (Å²) in [5.41, 5.74) is 0.636. The average Bonchev–Trinajstić information content (AvgIpc) is 2.39. The molecule has 3 nitrogen and oxygen atoms in total. The van der Waals surface area contributed by atoms with Crippen molar-refractivity contribution >= 4 is 35.2 Å². The number of rotatable bonds is 6. The zero-order valence-electron chi connectivity index (χ0n) is 10.8. The van der Waals surface area contributed by atoms with Gasteiger partial charge in [-0.3, -0.25) is 4.79 Å². The van der Waals surface area contributed by atoms with Gasteiger partial charge in [0.05, 0.1) is 0 Å². The number of likely N-dealkylation sites (N-methyl/N-ethyl adjacent to an activating group) is 1. The quantitative estimate of drug-likeness (QED) is 0.820. The summed E-state index contributed by atoms with van der Waals surface area (Å²) in [5.74, 6) is -0.119. The van der Waals surface area contributed by atoms with E-state index in [-0.39, 0.29) is 12.5 Å². The lowest BCUT2D eigenvalue weighted by Gasteiger charge is -2.18. The number of amides is 1. The molecular weight excluding hydrogens is 285 g/mol. The van der Waals surface area contributed by atoms with E-state index >= 15 is 0 Å². The van der Waals surface area contributed by atoms with Gasteiger partial charge in [-0.2, -0.15) is 0 Å². The molecule has 5 heteroatoms. The molecule has 0 spiro atoms. The molecule has 0 bridgehead atoms. The third kappa shape index (κ3) is 4.86. The van der Waals surface area contributed by atoms with Gasteiger partial charge in [-0.05, 0) is 31.6 Å².